The third-order valence-corrected chi connectivity index (χ3v) is 5.87. The summed E-state index contributed by atoms with van der Waals surface area (Å²) in [5, 5.41) is 15.7. The lowest BCUT2D eigenvalue weighted by Crippen LogP contribution is -2.18. The standard InChI is InChI=1S/C25H29N3.C6H13N3/c1-8-19(5)27-21(7)22-9-11-24-23(14-22)10-12-25(24)28-20(6)17(3)13-16(2)18(4)15-26;1-4(2)6(8)9-5(3)7/h9,11,13-14,25,27-28H,3-8,10,12H2,1-2H3;8H2,1-3H3,(H2,7,9)/b16-13+;/t25-;/m0./s1. The molecule has 196 valence electrons. The van der Waals surface area contributed by atoms with Crippen molar-refractivity contribution in [1.29, 1.82) is 5.26 Å². The summed E-state index contributed by atoms with van der Waals surface area (Å²) in [6.07, 6.45) is 4.72. The minimum absolute atomic E-state index is 0.202. The third-order valence-electron chi connectivity index (χ3n) is 5.87. The zero-order valence-electron chi connectivity index (χ0n) is 23.1. The van der Waals surface area contributed by atoms with E-state index in [1.54, 1.807) is 6.92 Å². The second-order valence-electron chi connectivity index (χ2n) is 9.27. The van der Waals surface area contributed by atoms with Crippen molar-refractivity contribution >= 4 is 11.5 Å². The lowest BCUT2D eigenvalue weighted by molar-refractivity contribution is 0.600. The molecule has 37 heavy (non-hydrogen) atoms. The Morgan fingerprint density at radius 1 is 1.14 bits per heavy atom. The Labute approximate surface area is 223 Å². The minimum Gasteiger partial charge on any atom is -0.387 e. The van der Waals surface area contributed by atoms with E-state index < -0.39 is 0 Å². The Hall–Kier alpha value is -4.24. The van der Waals surface area contributed by atoms with Gasteiger partial charge in [0.1, 0.15) is 5.82 Å². The van der Waals surface area contributed by atoms with Crippen LogP contribution in [0.25, 0.3) is 5.70 Å². The molecule has 1 aromatic rings. The van der Waals surface area contributed by atoms with Crippen LogP contribution in [0.4, 0.5) is 0 Å². The molecule has 1 atom stereocenters. The Kier molecular flexibility index (Phi) is 11.9. The van der Waals surface area contributed by atoms with E-state index in [0.717, 1.165) is 58.6 Å². The number of benzene rings is 1. The summed E-state index contributed by atoms with van der Waals surface area (Å²) in [6.45, 7) is 29.4. The number of hydrogen-bond donors (Lipinski definition) is 4. The molecule has 6 heteroatoms. The summed E-state index contributed by atoms with van der Waals surface area (Å²) in [5.41, 5.74) is 20.0. The maximum Gasteiger partial charge on any atom is 0.124 e. The van der Waals surface area contributed by atoms with Crippen LogP contribution in [-0.4, -0.2) is 5.84 Å². The molecule has 0 radical (unpaired) electrons. The second kappa shape index (κ2) is 14.4. The molecule has 6 nitrogen and oxygen atoms in total. The van der Waals surface area contributed by atoms with Crippen LogP contribution in [0.3, 0.4) is 0 Å². The van der Waals surface area contributed by atoms with Crippen LogP contribution in [0.2, 0.25) is 0 Å². The maximum absolute atomic E-state index is 8.95. The van der Waals surface area contributed by atoms with Crippen LogP contribution in [0, 0.1) is 11.3 Å². The van der Waals surface area contributed by atoms with Gasteiger partial charge < -0.3 is 22.1 Å². The van der Waals surface area contributed by atoms with Gasteiger partial charge in [0.15, 0.2) is 0 Å². The smallest absolute Gasteiger partial charge is 0.124 e. The van der Waals surface area contributed by atoms with Crippen molar-refractivity contribution in [2.45, 2.75) is 59.9 Å². The van der Waals surface area contributed by atoms with Gasteiger partial charge in [-0.1, -0.05) is 52.0 Å². The van der Waals surface area contributed by atoms with Crippen molar-refractivity contribution in [2.24, 2.45) is 16.5 Å². The first-order chi connectivity index (χ1) is 17.3. The molecule has 0 saturated carbocycles. The van der Waals surface area contributed by atoms with Crippen molar-refractivity contribution in [1.82, 2.24) is 10.6 Å². The average Bonchev–Trinajstić information content (AvgIpc) is 3.24. The van der Waals surface area contributed by atoms with E-state index in [0.29, 0.717) is 17.2 Å². The summed E-state index contributed by atoms with van der Waals surface area (Å²) in [4.78, 5) is 3.83. The molecule has 0 fully saturated rings. The quantitative estimate of drug-likeness (QED) is 0.129. The van der Waals surface area contributed by atoms with Crippen LogP contribution in [0.1, 0.15) is 70.2 Å². The van der Waals surface area contributed by atoms with E-state index in [1.807, 2.05) is 26.8 Å². The number of hydrogen-bond acceptors (Lipinski definition) is 5. The number of rotatable bonds is 10. The first kappa shape index (κ1) is 30.8. The van der Waals surface area contributed by atoms with Crippen LogP contribution < -0.4 is 22.1 Å². The molecule has 0 bridgehead atoms. The van der Waals surface area contributed by atoms with Crippen molar-refractivity contribution in [3.8, 4) is 6.07 Å². The van der Waals surface area contributed by atoms with Crippen LogP contribution >= 0.6 is 0 Å². The Balaban J connectivity index is 0.000000649. The molecular weight excluding hydrogens is 456 g/mol. The van der Waals surface area contributed by atoms with E-state index in [-0.39, 0.29) is 6.04 Å². The largest absolute Gasteiger partial charge is 0.387 e. The van der Waals surface area contributed by atoms with E-state index in [1.165, 1.54) is 11.1 Å². The van der Waals surface area contributed by atoms with Crippen LogP contribution in [0.15, 0.2) is 102 Å². The first-order valence-corrected chi connectivity index (χ1v) is 12.2. The van der Waals surface area contributed by atoms with Crippen molar-refractivity contribution in [3.05, 3.63) is 113 Å². The molecule has 1 aromatic carbocycles. The second-order valence-corrected chi connectivity index (χ2v) is 9.27. The van der Waals surface area contributed by atoms with Gasteiger partial charge in [-0.2, -0.15) is 5.26 Å². The van der Waals surface area contributed by atoms with Gasteiger partial charge in [-0.25, -0.2) is 4.99 Å². The van der Waals surface area contributed by atoms with Gasteiger partial charge in [0.2, 0.25) is 0 Å². The summed E-state index contributed by atoms with van der Waals surface area (Å²) >= 11 is 0. The first-order valence-electron chi connectivity index (χ1n) is 12.2. The van der Waals surface area contributed by atoms with Gasteiger partial charge in [0, 0.05) is 22.7 Å². The predicted molar refractivity (Wildman–Crippen MR) is 159 cm³/mol. The van der Waals surface area contributed by atoms with Gasteiger partial charge in [-0.05, 0) is 92.5 Å². The molecule has 0 aromatic heterocycles. The zero-order chi connectivity index (χ0) is 28.3. The number of nitriles is 1. The van der Waals surface area contributed by atoms with Gasteiger partial charge in [0.05, 0.1) is 17.9 Å². The van der Waals surface area contributed by atoms with Gasteiger partial charge >= 0.3 is 0 Å². The molecule has 0 amide bonds. The van der Waals surface area contributed by atoms with Crippen molar-refractivity contribution < 1.29 is 0 Å². The Bertz CT molecular complexity index is 1210. The highest BCUT2D eigenvalue weighted by Crippen LogP contribution is 2.34. The molecule has 1 aliphatic carbocycles. The highest BCUT2D eigenvalue weighted by molar-refractivity contribution is 5.78. The van der Waals surface area contributed by atoms with Crippen molar-refractivity contribution in [2.75, 3.05) is 0 Å². The average molecular weight is 499 g/mol. The molecule has 6 N–H and O–H groups in total. The fourth-order valence-corrected chi connectivity index (χ4v) is 3.46. The number of fused-ring (bicyclic) bond motifs is 1. The predicted octanol–water partition coefficient (Wildman–Crippen LogP) is 6.42. The molecule has 0 heterocycles. The number of nitrogens with zero attached hydrogens (tertiary/aromatic N) is 2. The summed E-state index contributed by atoms with van der Waals surface area (Å²) < 4.78 is 0. The summed E-state index contributed by atoms with van der Waals surface area (Å²) in [7, 11) is 0. The topological polar surface area (TPSA) is 112 Å². The minimum atomic E-state index is 0.202. The maximum atomic E-state index is 8.95. The Morgan fingerprint density at radius 3 is 2.30 bits per heavy atom. The monoisotopic (exact) mass is 498 g/mol. The zero-order valence-corrected chi connectivity index (χ0v) is 23.1. The highest BCUT2D eigenvalue weighted by Gasteiger charge is 2.23. The SMILES string of the molecule is C=C(CC)NC(=C)c1ccc2c(c1)CC[C@@H]2NC(=C)C(=C)/C=C(\C)C(=C)C#N.CC(C)=C(N)/N=C(\C)N. The molecule has 2 rings (SSSR count). The van der Waals surface area contributed by atoms with E-state index in [9.17, 15) is 0 Å². The molecule has 0 aliphatic heterocycles. The number of nitrogens with two attached hydrogens (primary N) is 2. The number of aryl methyl sites for hydroxylation is 1. The number of allylic oxidation sites excluding steroid dienone is 5. The summed E-state index contributed by atoms with van der Waals surface area (Å²) in [5.74, 6) is 1.00. The Morgan fingerprint density at radius 2 is 1.78 bits per heavy atom. The van der Waals surface area contributed by atoms with Gasteiger partial charge in [-0.3, -0.25) is 0 Å². The van der Waals surface area contributed by atoms with E-state index in [4.69, 9.17) is 16.7 Å². The van der Waals surface area contributed by atoms with Gasteiger partial charge in [-0.15, -0.1) is 0 Å². The molecule has 1 aliphatic rings. The van der Waals surface area contributed by atoms with E-state index >= 15 is 0 Å². The number of aliphatic imine (C=N–C) groups is 1. The fraction of sp³-hybridized carbons (Fsp3) is 0.290. The molecule has 0 unspecified atom stereocenters. The fourth-order valence-electron chi connectivity index (χ4n) is 3.46. The third kappa shape index (κ3) is 9.73. The molecule has 0 spiro atoms. The normalized spacial score (nSPS) is 14.2. The lowest BCUT2D eigenvalue weighted by Gasteiger charge is -2.19. The van der Waals surface area contributed by atoms with E-state index in [2.05, 4.69) is 79.7 Å². The molecular formula is C31H42N6. The van der Waals surface area contributed by atoms with Crippen molar-refractivity contribution in [3.63, 3.8) is 0 Å². The summed E-state index contributed by atoms with van der Waals surface area (Å²) in [6, 6.07) is 8.71. The number of nitrogens with one attached hydrogen (secondary N) is 2. The van der Waals surface area contributed by atoms with Crippen LogP contribution in [-0.2, 0) is 6.42 Å². The highest BCUT2D eigenvalue weighted by atomic mass is 14.9. The van der Waals surface area contributed by atoms with Gasteiger partial charge in [0.25, 0.3) is 0 Å². The number of amidine groups is 1. The van der Waals surface area contributed by atoms with Crippen LogP contribution in [0.5, 0.6) is 0 Å². The molecule has 0 saturated heterocycles. The lowest BCUT2D eigenvalue weighted by atomic mass is 10.0.